The normalized spacial score (nSPS) is 23.6. The topological polar surface area (TPSA) is 176 Å². The number of nitrogens with one attached hydrogen (secondary N) is 1. The highest BCUT2D eigenvalue weighted by atomic mass is 16.5. The maximum absolute atomic E-state index is 13.4. The molecule has 186 valence electrons. The Balaban J connectivity index is 1.69. The number of alkyl carbamates (subject to hydrolysis) is 1. The van der Waals surface area contributed by atoms with Crippen LogP contribution in [0.3, 0.4) is 0 Å². The Morgan fingerprint density at radius 3 is 2.54 bits per heavy atom. The smallest absolute Gasteiger partial charge is 0.407 e. The molecule has 2 amide bonds. The monoisotopic (exact) mass is 484 g/mol. The van der Waals surface area contributed by atoms with Crippen molar-refractivity contribution in [1.82, 2.24) is 5.32 Å². The molecule has 6 N–H and O–H groups in total. The lowest BCUT2D eigenvalue weighted by Gasteiger charge is -2.41. The molecule has 0 spiro atoms. The molecule has 35 heavy (non-hydrogen) atoms. The molecule has 0 radical (unpaired) electrons. The number of ketones is 2. The van der Waals surface area contributed by atoms with Crippen LogP contribution in [0.2, 0.25) is 0 Å². The lowest BCUT2D eigenvalue weighted by Crippen LogP contribution is -2.44. The molecule has 0 heterocycles. The van der Waals surface area contributed by atoms with Gasteiger partial charge in [-0.15, -0.1) is 0 Å². The van der Waals surface area contributed by atoms with E-state index in [2.05, 4.69) is 5.32 Å². The fourth-order valence-electron chi connectivity index (χ4n) is 5.33. The summed E-state index contributed by atoms with van der Waals surface area (Å²) in [4.78, 5) is 49.5. The molecule has 3 aliphatic rings. The number of carbonyl (C=O) groups is 4. The highest BCUT2D eigenvalue weighted by molar-refractivity contribution is 6.21. The number of hydrogen-bond donors (Lipinski definition) is 5. The van der Waals surface area contributed by atoms with Gasteiger partial charge in [-0.3, -0.25) is 14.4 Å². The quantitative estimate of drug-likeness (QED) is 0.395. The van der Waals surface area contributed by atoms with E-state index in [1.807, 2.05) is 13.8 Å². The van der Waals surface area contributed by atoms with E-state index in [1.165, 1.54) is 6.07 Å². The molecular formula is C25H28N2O8. The van der Waals surface area contributed by atoms with Crippen LogP contribution < -0.4 is 11.1 Å². The third kappa shape index (κ3) is 4.24. The number of nitrogens with two attached hydrogens (primary N) is 1. The predicted molar refractivity (Wildman–Crippen MR) is 123 cm³/mol. The van der Waals surface area contributed by atoms with Crippen LogP contribution in [0.4, 0.5) is 4.79 Å². The summed E-state index contributed by atoms with van der Waals surface area (Å²) in [6.45, 7) is 4.17. The number of ether oxygens (including phenoxy) is 1. The molecule has 3 aliphatic carbocycles. The number of allylic oxidation sites excluding steroid dienone is 2. The number of aliphatic hydroxyl groups is 2. The highest BCUT2D eigenvalue weighted by Crippen LogP contribution is 2.50. The molecule has 1 aromatic rings. The molecule has 0 aromatic heterocycles. The molecule has 3 atom stereocenters. The zero-order valence-corrected chi connectivity index (χ0v) is 19.5. The van der Waals surface area contributed by atoms with Gasteiger partial charge >= 0.3 is 6.09 Å². The van der Waals surface area contributed by atoms with Gasteiger partial charge in [-0.25, -0.2) is 4.79 Å². The van der Waals surface area contributed by atoms with E-state index in [0.717, 1.165) is 0 Å². The third-order valence-corrected chi connectivity index (χ3v) is 6.84. The van der Waals surface area contributed by atoms with Gasteiger partial charge in [0, 0.05) is 18.5 Å². The van der Waals surface area contributed by atoms with Crippen molar-refractivity contribution >= 4 is 29.3 Å². The van der Waals surface area contributed by atoms with Gasteiger partial charge in [0.2, 0.25) is 0 Å². The van der Waals surface area contributed by atoms with E-state index in [4.69, 9.17) is 10.5 Å². The Bertz CT molecular complexity index is 1200. The highest BCUT2D eigenvalue weighted by Gasteiger charge is 2.50. The van der Waals surface area contributed by atoms with Crippen molar-refractivity contribution in [3.63, 3.8) is 0 Å². The molecule has 10 nitrogen and oxygen atoms in total. The Morgan fingerprint density at radius 1 is 1.17 bits per heavy atom. The van der Waals surface area contributed by atoms with Crippen molar-refractivity contribution in [2.45, 2.75) is 39.7 Å². The maximum atomic E-state index is 13.4. The van der Waals surface area contributed by atoms with Gasteiger partial charge in [-0.2, -0.15) is 0 Å². The number of aromatic hydroxyl groups is 1. The minimum Gasteiger partial charge on any atom is -0.511 e. The average Bonchev–Trinajstić information content (AvgIpc) is 2.76. The second-order valence-electron chi connectivity index (χ2n) is 9.70. The first-order valence-corrected chi connectivity index (χ1v) is 11.5. The van der Waals surface area contributed by atoms with Gasteiger partial charge < -0.3 is 31.1 Å². The summed E-state index contributed by atoms with van der Waals surface area (Å²) in [6, 6.07) is 2.99. The Hall–Kier alpha value is -3.82. The minimum absolute atomic E-state index is 0.0419. The number of hydrogen-bond acceptors (Lipinski definition) is 8. The van der Waals surface area contributed by atoms with Crippen molar-refractivity contribution in [2.75, 3.05) is 6.61 Å². The number of rotatable bonds is 5. The minimum atomic E-state index is -1.16. The largest absolute Gasteiger partial charge is 0.511 e. The third-order valence-electron chi connectivity index (χ3n) is 6.84. The van der Waals surface area contributed by atoms with Crippen LogP contribution in [-0.4, -0.2) is 45.5 Å². The van der Waals surface area contributed by atoms with Gasteiger partial charge in [0.25, 0.3) is 5.91 Å². The molecule has 0 saturated heterocycles. The molecule has 4 rings (SSSR count). The fourth-order valence-corrected chi connectivity index (χ4v) is 5.33. The number of carbonyl (C=O) groups excluding carboxylic acids is 4. The van der Waals surface area contributed by atoms with Gasteiger partial charge in [0.1, 0.15) is 22.8 Å². The summed E-state index contributed by atoms with van der Waals surface area (Å²) in [6.07, 6.45) is -0.138. The summed E-state index contributed by atoms with van der Waals surface area (Å²) < 4.78 is 5.12. The summed E-state index contributed by atoms with van der Waals surface area (Å²) in [5, 5.41) is 34.8. The molecule has 1 aromatic carbocycles. The lowest BCUT2D eigenvalue weighted by molar-refractivity contribution is -0.127. The summed E-state index contributed by atoms with van der Waals surface area (Å²) >= 11 is 0. The van der Waals surface area contributed by atoms with Crippen LogP contribution in [0.25, 0.3) is 5.76 Å². The van der Waals surface area contributed by atoms with E-state index in [0.29, 0.717) is 17.5 Å². The SMILES string of the molecule is CC(C)COC(=O)NCc1ccc(O)c2c1C[C@H]1C[C@H]3CC(=O)C(C(N)=O)=C(O)C3C(=O)C1=C2O. The molecule has 1 unspecified atom stereocenters. The summed E-state index contributed by atoms with van der Waals surface area (Å²) in [5.74, 6) is -5.62. The van der Waals surface area contributed by atoms with Crippen LogP contribution in [0.15, 0.2) is 29.0 Å². The van der Waals surface area contributed by atoms with Gasteiger partial charge in [0.05, 0.1) is 18.1 Å². The standard InChI is InChI=1S/C25H28N2O8/c1-10(2)9-35-25(34)27-8-11-3-4-15(28)19-14(11)6-12-5-13-7-16(29)20(24(26)33)23(32)18(13)21(30)17(12)22(19)31/h3-4,10,12-13,18,28,31-32H,5-9H2,1-2H3,(H2,26,33)(H,27,34)/t12-,13+,18?/m1/s1. The second kappa shape index (κ2) is 9.09. The molecule has 0 bridgehead atoms. The summed E-state index contributed by atoms with van der Waals surface area (Å²) in [7, 11) is 0. The molecule has 0 aliphatic heterocycles. The predicted octanol–water partition coefficient (Wildman–Crippen LogP) is 2.19. The van der Waals surface area contributed by atoms with Gasteiger partial charge in [-0.05, 0) is 47.8 Å². The second-order valence-corrected chi connectivity index (χ2v) is 9.70. The molecular weight excluding hydrogens is 456 g/mol. The zero-order chi connectivity index (χ0) is 25.6. The van der Waals surface area contributed by atoms with Crippen LogP contribution in [0.1, 0.15) is 43.4 Å². The summed E-state index contributed by atoms with van der Waals surface area (Å²) in [5.41, 5.74) is 6.00. The number of phenols is 1. The first-order valence-electron chi connectivity index (χ1n) is 11.5. The first kappa shape index (κ1) is 24.3. The molecule has 10 heteroatoms. The van der Waals surface area contributed by atoms with Crippen molar-refractivity contribution in [1.29, 1.82) is 0 Å². The van der Waals surface area contributed by atoms with Crippen molar-refractivity contribution < 1.29 is 39.2 Å². The fraction of sp³-hybridized carbons (Fsp3) is 0.440. The number of primary amides is 1. The van der Waals surface area contributed by atoms with Crippen LogP contribution in [0.5, 0.6) is 5.75 Å². The Labute approximate surface area is 201 Å². The van der Waals surface area contributed by atoms with E-state index in [1.54, 1.807) is 6.07 Å². The van der Waals surface area contributed by atoms with Crippen LogP contribution in [0, 0.1) is 23.7 Å². The van der Waals surface area contributed by atoms with Gasteiger partial charge in [-0.1, -0.05) is 19.9 Å². The zero-order valence-electron chi connectivity index (χ0n) is 19.5. The number of benzene rings is 1. The Kier molecular flexibility index (Phi) is 6.31. The van der Waals surface area contributed by atoms with E-state index in [-0.39, 0.29) is 48.8 Å². The van der Waals surface area contributed by atoms with E-state index >= 15 is 0 Å². The van der Waals surface area contributed by atoms with Crippen LogP contribution >= 0.6 is 0 Å². The Morgan fingerprint density at radius 2 is 1.89 bits per heavy atom. The maximum Gasteiger partial charge on any atom is 0.407 e. The number of aliphatic hydroxyl groups excluding tert-OH is 2. The van der Waals surface area contributed by atoms with E-state index in [9.17, 15) is 34.5 Å². The average molecular weight is 485 g/mol. The number of amides is 2. The lowest BCUT2D eigenvalue weighted by atomic mass is 9.61. The van der Waals surface area contributed by atoms with Gasteiger partial charge in [0.15, 0.2) is 11.6 Å². The number of phenolic OH excluding ortho intramolecular Hbond substituents is 1. The van der Waals surface area contributed by atoms with Crippen molar-refractivity contribution in [3.05, 3.63) is 45.7 Å². The molecule has 1 saturated carbocycles. The number of fused-ring (bicyclic) bond motifs is 3. The first-order chi connectivity index (χ1) is 16.5. The van der Waals surface area contributed by atoms with E-state index < -0.39 is 58.4 Å². The van der Waals surface area contributed by atoms with Crippen molar-refractivity contribution in [3.8, 4) is 5.75 Å². The van der Waals surface area contributed by atoms with Crippen molar-refractivity contribution in [2.24, 2.45) is 29.4 Å². The number of Topliss-reactive ketones (excluding diaryl/α,β-unsaturated/α-hetero) is 2. The van der Waals surface area contributed by atoms with Crippen LogP contribution in [-0.2, 0) is 32.1 Å². The molecule has 1 fully saturated rings.